The van der Waals surface area contributed by atoms with Crippen LogP contribution in [-0.2, 0) is 35.1 Å². The van der Waals surface area contributed by atoms with Crippen molar-refractivity contribution in [3.63, 3.8) is 0 Å². The molecule has 1 amide bonds. The fourth-order valence-electron chi connectivity index (χ4n) is 4.57. The van der Waals surface area contributed by atoms with Gasteiger partial charge in [-0.2, -0.15) is 45.6 Å². The minimum Gasteiger partial charge on any atom is -0.505 e. The summed E-state index contributed by atoms with van der Waals surface area (Å²) in [6.45, 7) is 1.43. The highest BCUT2D eigenvalue weighted by atomic mass is 32.2. The maximum Gasteiger partial charge on any atom is 0.314 e. The fraction of sp³-hybridized carbons (Fsp3) is 0.0769. The third-order valence-electron chi connectivity index (χ3n) is 6.85. The number of nitro groups is 1. The van der Waals surface area contributed by atoms with E-state index in [1.165, 1.54) is 6.92 Å². The minimum atomic E-state index is -5.40. The summed E-state index contributed by atoms with van der Waals surface area (Å²) in [5.41, 5.74) is -3.58. The topological polar surface area (TPSA) is 329 Å². The molecule has 0 saturated carbocycles. The average Bonchev–Trinajstić information content (AvgIpc) is 3.30. The van der Waals surface area contributed by atoms with Crippen molar-refractivity contribution in [2.45, 2.75) is 27.7 Å². The van der Waals surface area contributed by atoms with Crippen molar-refractivity contribution in [1.29, 1.82) is 0 Å². The third kappa shape index (κ3) is 6.86. The largest absolute Gasteiger partial charge is 0.505 e. The average molecular weight is 750 g/mol. The summed E-state index contributed by atoms with van der Waals surface area (Å²) in [4.78, 5) is 20.0. The van der Waals surface area contributed by atoms with Crippen molar-refractivity contribution < 1.29 is 58.8 Å². The number of rotatable bonds is 9. The molecule has 0 fully saturated rings. The summed E-state index contributed by atoms with van der Waals surface area (Å²) in [6, 6.07) is 9.36. The second kappa shape index (κ2) is 12.6. The molecule has 260 valence electrons. The van der Waals surface area contributed by atoms with Crippen molar-refractivity contribution in [3.8, 4) is 11.5 Å². The van der Waals surface area contributed by atoms with Crippen LogP contribution in [0, 0.1) is 10.1 Å². The number of carbonyl (C=O) groups excluding carboxylic acids is 1. The maximum absolute atomic E-state index is 13.1. The first-order valence-corrected chi connectivity index (χ1v) is 17.5. The zero-order chi connectivity index (χ0) is 36.9. The summed E-state index contributed by atoms with van der Waals surface area (Å²) < 4.78 is 101. The predicted molar refractivity (Wildman–Crippen MR) is 169 cm³/mol. The zero-order valence-electron chi connectivity index (χ0n) is 24.6. The zero-order valence-corrected chi connectivity index (χ0v) is 27.1. The number of carbonyl (C=O) groups is 1. The van der Waals surface area contributed by atoms with Gasteiger partial charge in [-0.1, -0.05) is 18.2 Å². The molecule has 1 unspecified atom stereocenters. The maximum atomic E-state index is 13.1. The number of hydrogen-bond acceptors (Lipinski definition) is 16. The monoisotopic (exact) mass is 749 g/mol. The van der Waals surface area contributed by atoms with Crippen LogP contribution >= 0.6 is 0 Å². The van der Waals surface area contributed by atoms with Crippen LogP contribution in [0.1, 0.15) is 6.92 Å². The molecule has 24 heteroatoms. The van der Waals surface area contributed by atoms with Crippen LogP contribution in [0.4, 0.5) is 28.4 Å². The van der Waals surface area contributed by atoms with Crippen molar-refractivity contribution in [3.05, 3.63) is 70.8 Å². The van der Waals surface area contributed by atoms with Crippen molar-refractivity contribution in [2.24, 2.45) is 25.6 Å². The molecular formula is C26H19N7O14S3. The van der Waals surface area contributed by atoms with Crippen LogP contribution in [0.25, 0.3) is 10.8 Å². The van der Waals surface area contributed by atoms with Gasteiger partial charge in [0.05, 0.1) is 32.3 Å². The summed E-state index contributed by atoms with van der Waals surface area (Å²) in [7, 11) is -15.6. The van der Waals surface area contributed by atoms with Gasteiger partial charge >= 0.3 is 5.69 Å². The molecule has 1 aliphatic heterocycles. The van der Waals surface area contributed by atoms with Gasteiger partial charge in [0.1, 0.15) is 21.2 Å². The van der Waals surface area contributed by atoms with E-state index in [2.05, 4.69) is 25.6 Å². The van der Waals surface area contributed by atoms with E-state index in [4.69, 9.17) is 0 Å². The Hall–Kier alpha value is -5.79. The number of nitro benzene ring substituents is 1. The van der Waals surface area contributed by atoms with Gasteiger partial charge < -0.3 is 10.2 Å². The van der Waals surface area contributed by atoms with E-state index in [9.17, 15) is 64.0 Å². The van der Waals surface area contributed by atoms with Crippen LogP contribution in [0.5, 0.6) is 11.5 Å². The number of hydrazone groups is 1. The number of fused-ring (bicyclic) bond motifs is 1. The Morgan fingerprint density at radius 3 is 1.98 bits per heavy atom. The molecule has 0 aromatic heterocycles. The number of phenolic OH excluding ortho intramolecular Hbond substituents is 2. The second-order valence-electron chi connectivity index (χ2n) is 10.1. The Bertz CT molecular complexity index is 2560. The molecule has 5 N–H and O–H groups in total. The number of aromatic hydroxyl groups is 2. The van der Waals surface area contributed by atoms with E-state index in [1.807, 2.05) is 0 Å². The number of azo groups is 2. The minimum absolute atomic E-state index is 0.131. The third-order valence-corrected chi connectivity index (χ3v) is 9.38. The molecule has 0 spiro atoms. The highest BCUT2D eigenvalue weighted by molar-refractivity contribution is 7.86. The standard InChI is InChI=1S/C26H19N7O14S3/c1-12-22(26(36)32(31-12)14-5-3-2-4-6-14)29-27-17-9-15(48(39,40)41)7-13-8-20(50(45,46)47)23(25(35)21(13)17)30-28-18-10-16(49(42,43)44)11-19(24(18)34)33(37)38/h2-11,22,34-35H,1H3,(H,39,40,41)(H,42,43,44)(H,45,46,47). The number of hydrogen-bond donors (Lipinski definition) is 5. The number of phenols is 2. The quantitative estimate of drug-likeness (QED) is 0.0693. The lowest BCUT2D eigenvalue weighted by atomic mass is 10.1. The number of anilines is 1. The van der Waals surface area contributed by atoms with Gasteiger partial charge in [-0.25, -0.2) is 0 Å². The summed E-state index contributed by atoms with van der Waals surface area (Å²) in [5.74, 6) is -3.22. The molecule has 0 radical (unpaired) electrons. The van der Waals surface area contributed by atoms with E-state index in [0.29, 0.717) is 30.0 Å². The van der Waals surface area contributed by atoms with Crippen molar-refractivity contribution >= 4 is 81.2 Å². The highest BCUT2D eigenvalue weighted by Crippen LogP contribution is 2.47. The first kappa shape index (κ1) is 35.5. The van der Waals surface area contributed by atoms with Crippen molar-refractivity contribution in [2.75, 3.05) is 5.01 Å². The Morgan fingerprint density at radius 2 is 1.40 bits per heavy atom. The molecule has 1 atom stereocenters. The van der Waals surface area contributed by atoms with Crippen molar-refractivity contribution in [1.82, 2.24) is 0 Å². The van der Waals surface area contributed by atoms with Gasteiger partial charge in [-0.05, 0) is 48.7 Å². The summed E-state index contributed by atoms with van der Waals surface area (Å²) >= 11 is 0. The van der Waals surface area contributed by atoms with Crippen LogP contribution in [0.2, 0.25) is 0 Å². The fourth-order valence-corrected chi connectivity index (χ4v) is 6.29. The normalized spacial score (nSPS) is 15.8. The highest BCUT2D eigenvalue weighted by Gasteiger charge is 2.35. The van der Waals surface area contributed by atoms with E-state index in [0.717, 1.165) is 5.01 Å². The van der Waals surface area contributed by atoms with Crippen LogP contribution in [0.15, 0.2) is 101 Å². The number of benzene rings is 4. The lowest BCUT2D eigenvalue weighted by Gasteiger charge is -2.13. The van der Waals surface area contributed by atoms with Gasteiger partial charge in [0.15, 0.2) is 11.8 Å². The molecule has 1 heterocycles. The molecule has 5 rings (SSSR count). The first-order valence-electron chi connectivity index (χ1n) is 13.2. The van der Waals surface area contributed by atoms with Gasteiger partial charge in [-0.15, -0.1) is 10.2 Å². The molecule has 4 aromatic rings. The number of nitrogens with zero attached hydrogens (tertiary/aromatic N) is 7. The van der Waals surface area contributed by atoms with Gasteiger partial charge in [-0.3, -0.25) is 28.6 Å². The first-order chi connectivity index (χ1) is 23.2. The number of amides is 1. The Morgan fingerprint density at radius 1 is 0.800 bits per heavy atom. The molecule has 50 heavy (non-hydrogen) atoms. The van der Waals surface area contributed by atoms with E-state index in [1.54, 1.807) is 30.3 Å². The summed E-state index contributed by atoms with van der Waals surface area (Å²) in [5, 5.41) is 51.7. The van der Waals surface area contributed by atoms with E-state index < -0.39 is 107 Å². The molecule has 0 aliphatic carbocycles. The molecule has 21 nitrogen and oxygen atoms in total. The smallest absolute Gasteiger partial charge is 0.314 e. The molecule has 0 saturated heterocycles. The Labute approximate surface area is 279 Å². The van der Waals surface area contributed by atoms with Gasteiger partial charge in [0, 0.05) is 6.07 Å². The molecule has 4 aromatic carbocycles. The molecular weight excluding hydrogens is 731 g/mol. The Balaban J connectivity index is 1.73. The van der Waals surface area contributed by atoms with Gasteiger partial charge in [0.2, 0.25) is 5.75 Å². The van der Waals surface area contributed by atoms with Crippen LogP contribution in [0.3, 0.4) is 0 Å². The van der Waals surface area contributed by atoms with Crippen LogP contribution < -0.4 is 5.01 Å². The van der Waals surface area contributed by atoms with E-state index in [-0.39, 0.29) is 11.8 Å². The second-order valence-corrected chi connectivity index (χ2v) is 14.4. The predicted octanol–water partition coefficient (Wildman–Crippen LogP) is 4.19. The molecule has 0 bridgehead atoms. The van der Waals surface area contributed by atoms with E-state index >= 15 is 0 Å². The SMILES string of the molecule is CC1=NN(c2ccccc2)C(=O)C1N=Nc1cc(S(=O)(=O)O)cc2cc(S(=O)(=O)O)c(N=Nc3cc(S(=O)(=O)O)cc([N+](=O)[O-])c3O)c(O)c12. The summed E-state index contributed by atoms with van der Waals surface area (Å²) in [6.07, 6.45) is 0. The van der Waals surface area contributed by atoms with Crippen LogP contribution in [-0.4, -0.2) is 71.7 Å². The Kier molecular flexibility index (Phi) is 8.94. The van der Waals surface area contributed by atoms with Gasteiger partial charge in [0.25, 0.3) is 36.3 Å². The molecule has 1 aliphatic rings. The lowest BCUT2D eigenvalue weighted by molar-refractivity contribution is -0.386. The lowest BCUT2D eigenvalue weighted by Crippen LogP contribution is -2.29. The number of para-hydroxylation sites is 1.